The van der Waals surface area contributed by atoms with Crippen molar-refractivity contribution in [3.8, 4) is 0 Å². The standard InChI is InChI=1S/C20H24O2/c1-19(2)12-16(21)18-15-10-6-7-11-20(15,22-17(18)13-19)14-8-4-3-5-9-14/h3-5,8-9,15H,6-7,10-13H2,1-2H3/t15-,20+/m1/s1. The van der Waals surface area contributed by atoms with Gasteiger partial charge in [-0.3, -0.25) is 4.79 Å². The van der Waals surface area contributed by atoms with E-state index in [2.05, 4.69) is 44.2 Å². The Morgan fingerprint density at radius 1 is 1.09 bits per heavy atom. The molecule has 0 saturated heterocycles. The Morgan fingerprint density at radius 2 is 1.86 bits per heavy atom. The smallest absolute Gasteiger partial charge is 0.163 e. The van der Waals surface area contributed by atoms with Crippen molar-refractivity contribution >= 4 is 5.78 Å². The van der Waals surface area contributed by atoms with Crippen molar-refractivity contribution in [3.05, 3.63) is 47.2 Å². The van der Waals surface area contributed by atoms with Crippen LogP contribution in [0.5, 0.6) is 0 Å². The highest BCUT2D eigenvalue weighted by Gasteiger charge is 2.55. The van der Waals surface area contributed by atoms with Gasteiger partial charge in [-0.15, -0.1) is 0 Å². The zero-order valence-electron chi connectivity index (χ0n) is 13.5. The summed E-state index contributed by atoms with van der Waals surface area (Å²) in [5.74, 6) is 1.59. The fraction of sp³-hybridized carbons (Fsp3) is 0.550. The van der Waals surface area contributed by atoms with Crippen molar-refractivity contribution in [2.75, 3.05) is 0 Å². The Labute approximate surface area is 132 Å². The normalized spacial score (nSPS) is 33.2. The minimum Gasteiger partial charge on any atom is -0.486 e. The maximum absolute atomic E-state index is 12.8. The van der Waals surface area contributed by atoms with E-state index >= 15 is 0 Å². The quantitative estimate of drug-likeness (QED) is 0.748. The van der Waals surface area contributed by atoms with E-state index in [0.717, 1.165) is 30.6 Å². The van der Waals surface area contributed by atoms with E-state index in [-0.39, 0.29) is 16.9 Å². The van der Waals surface area contributed by atoms with E-state index in [9.17, 15) is 4.79 Å². The van der Waals surface area contributed by atoms with Gasteiger partial charge in [-0.2, -0.15) is 0 Å². The highest BCUT2D eigenvalue weighted by molar-refractivity contribution is 5.98. The van der Waals surface area contributed by atoms with Gasteiger partial charge >= 0.3 is 0 Å². The Bertz CT molecular complexity index is 641. The summed E-state index contributed by atoms with van der Waals surface area (Å²) in [6, 6.07) is 10.6. The van der Waals surface area contributed by atoms with E-state index in [4.69, 9.17) is 4.74 Å². The summed E-state index contributed by atoms with van der Waals surface area (Å²) in [4.78, 5) is 12.8. The first kappa shape index (κ1) is 14.0. The van der Waals surface area contributed by atoms with Crippen LogP contribution < -0.4 is 0 Å². The van der Waals surface area contributed by atoms with Crippen LogP contribution in [0, 0.1) is 11.3 Å². The molecule has 1 saturated carbocycles. The maximum Gasteiger partial charge on any atom is 0.163 e. The van der Waals surface area contributed by atoms with Crippen molar-refractivity contribution in [2.45, 2.75) is 58.0 Å². The zero-order chi connectivity index (χ0) is 15.4. The van der Waals surface area contributed by atoms with Crippen LogP contribution in [0.3, 0.4) is 0 Å². The van der Waals surface area contributed by atoms with Crippen molar-refractivity contribution in [1.82, 2.24) is 0 Å². The summed E-state index contributed by atoms with van der Waals surface area (Å²) in [6.07, 6.45) is 6.07. The Kier molecular flexibility index (Phi) is 3.01. The molecule has 2 heteroatoms. The fourth-order valence-electron chi connectivity index (χ4n) is 4.75. The molecule has 1 aliphatic heterocycles. The maximum atomic E-state index is 12.8. The Balaban J connectivity index is 1.81. The third-order valence-electron chi connectivity index (χ3n) is 5.65. The predicted molar refractivity (Wildman–Crippen MR) is 86.2 cm³/mol. The minimum atomic E-state index is -0.278. The van der Waals surface area contributed by atoms with Crippen molar-refractivity contribution in [3.63, 3.8) is 0 Å². The number of carbonyl (C=O) groups excluding carboxylic acids is 1. The molecule has 4 rings (SSSR count). The Morgan fingerprint density at radius 3 is 2.64 bits per heavy atom. The number of benzene rings is 1. The van der Waals surface area contributed by atoms with Crippen LogP contribution in [-0.2, 0) is 15.1 Å². The highest BCUT2D eigenvalue weighted by Crippen LogP contribution is 2.58. The second-order valence-electron chi connectivity index (χ2n) is 7.93. The van der Waals surface area contributed by atoms with E-state index in [0.29, 0.717) is 12.2 Å². The average molecular weight is 296 g/mol. The van der Waals surface area contributed by atoms with Crippen LogP contribution in [-0.4, -0.2) is 5.78 Å². The van der Waals surface area contributed by atoms with Crippen molar-refractivity contribution < 1.29 is 9.53 Å². The predicted octanol–water partition coefficient (Wildman–Crippen LogP) is 4.75. The lowest BCUT2D eigenvalue weighted by Crippen LogP contribution is -2.38. The number of ether oxygens (including phenoxy) is 1. The minimum absolute atomic E-state index is 0.0291. The van der Waals surface area contributed by atoms with Crippen molar-refractivity contribution in [1.29, 1.82) is 0 Å². The number of carbonyl (C=O) groups is 1. The number of allylic oxidation sites excluding steroid dienone is 1. The third-order valence-corrected chi connectivity index (χ3v) is 5.65. The number of Topliss-reactive ketones (excluding diaryl/α,β-unsaturated/α-hetero) is 1. The molecule has 1 aromatic rings. The third kappa shape index (κ3) is 1.96. The molecule has 3 aliphatic rings. The fourth-order valence-corrected chi connectivity index (χ4v) is 4.75. The molecule has 0 unspecified atom stereocenters. The molecular weight excluding hydrogens is 272 g/mol. The topological polar surface area (TPSA) is 26.3 Å². The summed E-state index contributed by atoms with van der Waals surface area (Å²) < 4.78 is 6.61. The largest absolute Gasteiger partial charge is 0.486 e. The molecule has 2 atom stereocenters. The van der Waals surface area contributed by atoms with Crippen LogP contribution in [0.25, 0.3) is 0 Å². The molecule has 1 fully saturated rings. The van der Waals surface area contributed by atoms with E-state index in [1.807, 2.05) is 0 Å². The SMILES string of the molecule is CC1(C)CC(=O)C2=C(C1)O[C@]1(c3ccccc3)CCCC[C@H]21. The van der Waals surface area contributed by atoms with Gasteiger partial charge in [-0.05, 0) is 30.2 Å². The lowest BCUT2D eigenvalue weighted by Gasteiger charge is -2.39. The summed E-state index contributed by atoms with van der Waals surface area (Å²) in [7, 11) is 0. The van der Waals surface area contributed by atoms with Gasteiger partial charge in [0.1, 0.15) is 11.4 Å². The molecule has 22 heavy (non-hydrogen) atoms. The monoisotopic (exact) mass is 296 g/mol. The van der Waals surface area contributed by atoms with Gasteiger partial charge in [0.15, 0.2) is 5.78 Å². The van der Waals surface area contributed by atoms with Gasteiger partial charge in [0.2, 0.25) is 0 Å². The van der Waals surface area contributed by atoms with E-state index in [1.54, 1.807) is 0 Å². The summed E-state index contributed by atoms with van der Waals surface area (Å²) in [5, 5.41) is 0. The summed E-state index contributed by atoms with van der Waals surface area (Å²) >= 11 is 0. The van der Waals surface area contributed by atoms with E-state index < -0.39 is 0 Å². The number of hydrogen-bond acceptors (Lipinski definition) is 2. The second kappa shape index (κ2) is 4.71. The molecule has 0 amide bonds. The van der Waals surface area contributed by atoms with Gasteiger partial charge in [0.25, 0.3) is 0 Å². The molecule has 1 heterocycles. The first-order valence-corrected chi connectivity index (χ1v) is 8.53. The van der Waals surface area contributed by atoms with E-state index in [1.165, 1.54) is 18.4 Å². The number of fused-ring (bicyclic) bond motifs is 2. The molecule has 0 radical (unpaired) electrons. The van der Waals surface area contributed by atoms with Crippen LogP contribution >= 0.6 is 0 Å². The molecule has 0 spiro atoms. The zero-order valence-corrected chi connectivity index (χ0v) is 13.5. The highest BCUT2D eigenvalue weighted by atomic mass is 16.5. The van der Waals surface area contributed by atoms with Crippen LogP contribution in [0.15, 0.2) is 41.7 Å². The molecule has 1 aromatic carbocycles. The molecule has 2 aliphatic carbocycles. The average Bonchev–Trinajstić information content (AvgIpc) is 2.81. The molecular formula is C20H24O2. The lowest BCUT2D eigenvalue weighted by atomic mass is 9.66. The van der Waals surface area contributed by atoms with Crippen molar-refractivity contribution in [2.24, 2.45) is 11.3 Å². The van der Waals surface area contributed by atoms with Crippen LogP contribution in [0.4, 0.5) is 0 Å². The first-order chi connectivity index (χ1) is 10.5. The molecule has 0 N–H and O–H groups in total. The lowest BCUT2D eigenvalue weighted by molar-refractivity contribution is -0.118. The van der Waals surface area contributed by atoms with Gasteiger partial charge in [0, 0.05) is 24.3 Å². The molecule has 116 valence electrons. The number of hydrogen-bond donors (Lipinski definition) is 0. The van der Waals surface area contributed by atoms with Gasteiger partial charge in [-0.25, -0.2) is 0 Å². The molecule has 0 aromatic heterocycles. The first-order valence-electron chi connectivity index (χ1n) is 8.53. The molecule has 0 bridgehead atoms. The number of ketones is 1. The van der Waals surface area contributed by atoms with Crippen LogP contribution in [0.1, 0.15) is 57.9 Å². The summed E-state index contributed by atoms with van der Waals surface area (Å²) in [6.45, 7) is 4.35. The van der Waals surface area contributed by atoms with Gasteiger partial charge in [0.05, 0.1) is 0 Å². The summed E-state index contributed by atoms with van der Waals surface area (Å²) in [5.41, 5.74) is 2.03. The van der Waals surface area contributed by atoms with Crippen LogP contribution in [0.2, 0.25) is 0 Å². The molecule has 2 nitrogen and oxygen atoms in total. The van der Waals surface area contributed by atoms with Gasteiger partial charge < -0.3 is 4.74 Å². The Hall–Kier alpha value is -1.57. The number of rotatable bonds is 1. The van der Waals surface area contributed by atoms with Gasteiger partial charge in [-0.1, -0.05) is 50.6 Å². The second-order valence-corrected chi connectivity index (χ2v) is 7.93.